The highest BCUT2D eigenvalue weighted by Gasteiger charge is 2.26. The lowest BCUT2D eigenvalue weighted by Gasteiger charge is -2.22. The number of amides is 3. The lowest BCUT2D eigenvalue weighted by atomic mass is 10.1. The molecule has 0 saturated heterocycles. The molecule has 0 aliphatic rings. The largest absolute Gasteiger partial charge is 0.480 e. The van der Waals surface area contributed by atoms with E-state index in [4.69, 9.17) is 22.9 Å². The zero-order valence-electron chi connectivity index (χ0n) is 19.0. The van der Waals surface area contributed by atoms with Crippen LogP contribution < -0.4 is 38.9 Å². The van der Waals surface area contributed by atoms with Gasteiger partial charge in [-0.05, 0) is 57.1 Å². The van der Waals surface area contributed by atoms with E-state index in [1.165, 1.54) is 0 Å². The number of carbonyl (C=O) groups excluding carboxylic acids is 3. The van der Waals surface area contributed by atoms with Crippen LogP contribution >= 0.6 is 11.8 Å². The molecule has 0 rings (SSSR count). The Hall–Kier alpha value is -2.58. The van der Waals surface area contributed by atoms with Gasteiger partial charge >= 0.3 is 5.97 Å². The van der Waals surface area contributed by atoms with Gasteiger partial charge in [0.2, 0.25) is 17.7 Å². The van der Waals surface area contributed by atoms with E-state index in [0.717, 1.165) is 0 Å². The fourth-order valence-electron chi connectivity index (χ4n) is 2.71. The number of rotatable bonds is 18. The monoisotopic (exact) mass is 490 g/mol. The maximum atomic E-state index is 12.7. The van der Waals surface area contributed by atoms with E-state index in [9.17, 15) is 24.3 Å². The summed E-state index contributed by atoms with van der Waals surface area (Å²) in [7, 11) is 0. The third kappa shape index (κ3) is 15.0. The highest BCUT2D eigenvalue weighted by molar-refractivity contribution is 7.98. The molecule has 0 fully saturated rings. The number of carbonyl (C=O) groups is 4. The van der Waals surface area contributed by atoms with Crippen molar-refractivity contribution in [2.24, 2.45) is 27.9 Å². The van der Waals surface area contributed by atoms with Crippen LogP contribution in [0.1, 0.15) is 38.5 Å². The SMILES string of the molecule is CSCCC(N)C(=O)NCC(=O)NC(CCCN=C(N)N)C(=O)NC(CCCCN)C(=O)O. The number of nitrogens with two attached hydrogens (primary N) is 4. The van der Waals surface area contributed by atoms with Gasteiger partial charge in [-0.2, -0.15) is 11.8 Å². The minimum Gasteiger partial charge on any atom is -0.480 e. The highest BCUT2D eigenvalue weighted by Crippen LogP contribution is 2.04. The fourth-order valence-corrected chi connectivity index (χ4v) is 3.20. The predicted molar refractivity (Wildman–Crippen MR) is 128 cm³/mol. The summed E-state index contributed by atoms with van der Waals surface area (Å²) in [5.41, 5.74) is 21.8. The number of carboxylic acids is 1. The standard InChI is InChI=1S/C19H38N8O5S/c1-33-10-7-12(21)16(29)25-11-15(28)26-13(6-4-9-24-19(22)23)17(30)27-14(18(31)32)5-2-3-8-20/h12-14H,2-11,20-21H2,1H3,(H,25,29)(H,26,28)(H,27,30)(H,31,32)(H4,22,23,24). The van der Waals surface area contributed by atoms with Crippen molar-refractivity contribution in [1.29, 1.82) is 0 Å². The second kappa shape index (κ2) is 17.9. The minimum absolute atomic E-state index is 0.105. The molecule has 13 nitrogen and oxygen atoms in total. The van der Waals surface area contributed by atoms with Crippen LogP contribution in [-0.4, -0.2) is 84.5 Å². The van der Waals surface area contributed by atoms with Gasteiger partial charge in [0.05, 0.1) is 12.6 Å². The topological polar surface area (TPSA) is 241 Å². The first-order valence-electron chi connectivity index (χ1n) is 10.7. The average Bonchev–Trinajstić information content (AvgIpc) is 2.76. The summed E-state index contributed by atoms with van der Waals surface area (Å²) in [5.74, 6) is -2.33. The number of guanidine groups is 1. The second-order valence-electron chi connectivity index (χ2n) is 7.36. The molecule has 33 heavy (non-hydrogen) atoms. The van der Waals surface area contributed by atoms with Crippen LogP contribution in [0.15, 0.2) is 4.99 Å². The minimum atomic E-state index is -1.18. The smallest absolute Gasteiger partial charge is 0.326 e. The molecule has 3 unspecified atom stereocenters. The van der Waals surface area contributed by atoms with Gasteiger partial charge in [0, 0.05) is 6.54 Å². The number of aliphatic carboxylic acids is 1. The Kier molecular flexibility index (Phi) is 16.5. The Morgan fingerprint density at radius 3 is 2.21 bits per heavy atom. The molecule has 14 heteroatoms. The molecule has 12 N–H and O–H groups in total. The molecule has 0 saturated carbocycles. The van der Waals surface area contributed by atoms with E-state index < -0.39 is 41.8 Å². The summed E-state index contributed by atoms with van der Waals surface area (Å²) in [4.78, 5) is 52.3. The Bertz CT molecular complexity index is 660. The normalized spacial score (nSPS) is 13.3. The molecule has 0 heterocycles. The molecular weight excluding hydrogens is 452 g/mol. The van der Waals surface area contributed by atoms with Gasteiger partial charge in [0.15, 0.2) is 5.96 Å². The summed E-state index contributed by atoms with van der Waals surface area (Å²) >= 11 is 1.55. The number of thioether (sulfide) groups is 1. The Labute approximate surface area is 198 Å². The van der Waals surface area contributed by atoms with Crippen molar-refractivity contribution in [3.05, 3.63) is 0 Å². The molecule has 0 aliphatic heterocycles. The molecule has 0 aliphatic carbocycles. The summed E-state index contributed by atoms with van der Waals surface area (Å²) in [6.07, 6.45) is 4.22. The zero-order valence-corrected chi connectivity index (χ0v) is 19.9. The first-order valence-corrected chi connectivity index (χ1v) is 12.1. The van der Waals surface area contributed by atoms with Gasteiger partial charge in [0.25, 0.3) is 0 Å². The molecule has 0 bridgehead atoms. The van der Waals surface area contributed by atoms with Crippen LogP contribution in [0.4, 0.5) is 0 Å². The average molecular weight is 491 g/mol. The van der Waals surface area contributed by atoms with E-state index >= 15 is 0 Å². The van der Waals surface area contributed by atoms with Crippen molar-refractivity contribution in [2.45, 2.75) is 56.7 Å². The third-order valence-corrected chi connectivity index (χ3v) is 5.20. The number of nitrogens with zero attached hydrogens (tertiary/aromatic N) is 1. The molecule has 0 aromatic heterocycles. The van der Waals surface area contributed by atoms with Crippen LogP contribution in [0.5, 0.6) is 0 Å². The molecule has 0 spiro atoms. The molecular formula is C19H38N8O5S. The number of aliphatic imine (C=N–C) groups is 1. The summed E-state index contributed by atoms with van der Waals surface area (Å²) in [6.45, 7) is 0.265. The first-order chi connectivity index (χ1) is 15.6. The predicted octanol–water partition coefficient (Wildman–Crippen LogP) is -2.58. The zero-order chi connectivity index (χ0) is 25.2. The Morgan fingerprint density at radius 1 is 0.970 bits per heavy atom. The molecule has 190 valence electrons. The molecule has 3 amide bonds. The van der Waals surface area contributed by atoms with E-state index in [1.807, 2.05) is 6.26 Å². The van der Waals surface area contributed by atoms with Crippen LogP contribution in [0.3, 0.4) is 0 Å². The lowest BCUT2D eigenvalue weighted by Crippen LogP contribution is -2.53. The maximum absolute atomic E-state index is 12.7. The van der Waals surface area contributed by atoms with Crippen molar-refractivity contribution >= 4 is 41.4 Å². The maximum Gasteiger partial charge on any atom is 0.326 e. The van der Waals surface area contributed by atoms with Gasteiger partial charge in [0.1, 0.15) is 12.1 Å². The van der Waals surface area contributed by atoms with Gasteiger partial charge in [-0.25, -0.2) is 4.79 Å². The fraction of sp³-hybridized carbons (Fsp3) is 0.737. The Balaban J connectivity index is 4.99. The van der Waals surface area contributed by atoms with E-state index in [1.54, 1.807) is 11.8 Å². The molecule has 3 atom stereocenters. The van der Waals surface area contributed by atoms with Gasteiger partial charge in [-0.15, -0.1) is 0 Å². The number of hydrogen-bond acceptors (Lipinski definition) is 8. The highest BCUT2D eigenvalue weighted by atomic mass is 32.2. The van der Waals surface area contributed by atoms with Crippen molar-refractivity contribution < 1.29 is 24.3 Å². The van der Waals surface area contributed by atoms with E-state index in [0.29, 0.717) is 38.0 Å². The lowest BCUT2D eigenvalue weighted by molar-refractivity contribution is -0.142. The van der Waals surface area contributed by atoms with E-state index in [2.05, 4.69) is 20.9 Å². The van der Waals surface area contributed by atoms with Gasteiger partial charge in [-0.3, -0.25) is 19.4 Å². The first kappa shape index (κ1) is 30.4. The molecule has 0 aromatic carbocycles. The van der Waals surface area contributed by atoms with Crippen LogP contribution in [0, 0.1) is 0 Å². The third-order valence-electron chi connectivity index (χ3n) is 4.55. The van der Waals surface area contributed by atoms with E-state index in [-0.39, 0.29) is 31.9 Å². The van der Waals surface area contributed by atoms with Crippen molar-refractivity contribution in [3.63, 3.8) is 0 Å². The van der Waals surface area contributed by atoms with Crippen molar-refractivity contribution in [2.75, 3.05) is 31.6 Å². The quantitative estimate of drug-likeness (QED) is 0.0566. The number of unbranched alkanes of at least 4 members (excludes halogenated alkanes) is 1. The number of nitrogens with one attached hydrogen (secondary N) is 3. The number of hydrogen-bond donors (Lipinski definition) is 8. The molecule has 0 radical (unpaired) electrons. The Morgan fingerprint density at radius 2 is 1.64 bits per heavy atom. The van der Waals surface area contributed by atoms with Crippen LogP contribution in [-0.2, 0) is 19.2 Å². The molecule has 0 aromatic rings. The van der Waals surface area contributed by atoms with Gasteiger partial charge in [-0.1, -0.05) is 0 Å². The van der Waals surface area contributed by atoms with Crippen LogP contribution in [0.25, 0.3) is 0 Å². The van der Waals surface area contributed by atoms with Crippen molar-refractivity contribution in [1.82, 2.24) is 16.0 Å². The van der Waals surface area contributed by atoms with Gasteiger partial charge < -0.3 is 44.0 Å². The van der Waals surface area contributed by atoms with Crippen molar-refractivity contribution in [3.8, 4) is 0 Å². The van der Waals surface area contributed by atoms with Crippen LogP contribution in [0.2, 0.25) is 0 Å². The number of carboxylic acid groups (broad SMARTS) is 1. The summed E-state index contributed by atoms with van der Waals surface area (Å²) < 4.78 is 0. The summed E-state index contributed by atoms with van der Waals surface area (Å²) in [5, 5.41) is 16.8. The second-order valence-corrected chi connectivity index (χ2v) is 8.34. The summed E-state index contributed by atoms with van der Waals surface area (Å²) in [6, 6.07) is -2.89.